The van der Waals surface area contributed by atoms with Gasteiger partial charge < -0.3 is 27.9 Å². The normalized spacial score (nSPS) is 14.1. The number of hydrogen-bond donors (Lipinski definition) is 0. The van der Waals surface area contributed by atoms with Crippen LogP contribution >= 0.6 is 7.82 Å². The van der Waals surface area contributed by atoms with E-state index < -0.39 is 26.5 Å². The molecule has 2 atom stereocenters. The third-order valence-corrected chi connectivity index (χ3v) is 18.5. The first-order chi connectivity index (χ1) is 52.0. The molecule has 10 heteroatoms. The number of hydrogen-bond acceptors (Lipinski definition) is 8. The van der Waals surface area contributed by atoms with Gasteiger partial charge >= 0.3 is 11.9 Å². The lowest BCUT2D eigenvalue weighted by molar-refractivity contribution is -0.870. The average Bonchev–Trinajstić information content (AvgIpc) is 0.908. The summed E-state index contributed by atoms with van der Waals surface area (Å²) in [5.74, 6) is -0.850. The lowest BCUT2D eigenvalue weighted by Gasteiger charge is -2.28. The average molecular weight is 1480 g/mol. The molecule has 598 valence electrons. The summed E-state index contributed by atoms with van der Waals surface area (Å²) in [7, 11) is 1.14. The summed E-state index contributed by atoms with van der Waals surface area (Å²) in [6.07, 6.45) is 132. The Labute approximate surface area is 652 Å². The monoisotopic (exact) mass is 1480 g/mol. The number of quaternary nitrogens is 1. The van der Waals surface area contributed by atoms with E-state index in [2.05, 4.69) is 233 Å². The molecule has 0 aliphatic carbocycles. The maximum Gasteiger partial charge on any atom is 0.306 e. The van der Waals surface area contributed by atoms with Crippen molar-refractivity contribution in [3.05, 3.63) is 219 Å². The number of ether oxygens (including phenoxy) is 2. The van der Waals surface area contributed by atoms with E-state index in [0.29, 0.717) is 17.4 Å². The van der Waals surface area contributed by atoms with Gasteiger partial charge in [0.15, 0.2) is 6.10 Å². The number of rotatable bonds is 76. The molecule has 0 N–H and O–H groups in total. The van der Waals surface area contributed by atoms with Crippen molar-refractivity contribution in [3.8, 4) is 0 Å². The Morgan fingerprint density at radius 2 is 0.509 bits per heavy atom. The number of carbonyl (C=O) groups is 2. The Morgan fingerprint density at radius 3 is 0.755 bits per heavy atom. The predicted octanol–water partition coefficient (Wildman–Crippen LogP) is 28.4. The molecule has 0 heterocycles. The molecule has 0 spiro atoms. The van der Waals surface area contributed by atoms with Gasteiger partial charge in [-0.3, -0.25) is 14.2 Å². The summed E-state index contributed by atoms with van der Waals surface area (Å²) in [6, 6.07) is 0. The number of phosphoric ester groups is 1. The van der Waals surface area contributed by atoms with Crippen LogP contribution in [0.2, 0.25) is 0 Å². The number of allylic oxidation sites excluding steroid dienone is 36. The first-order valence-corrected chi connectivity index (χ1v) is 43.9. The van der Waals surface area contributed by atoms with Crippen molar-refractivity contribution in [1.82, 2.24) is 0 Å². The van der Waals surface area contributed by atoms with E-state index in [9.17, 15) is 19.0 Å². The van der Waals surface area contributed by atoms with Gasteiger partial charge in [0.1, 0.15) is 19.8 Å². The summed E-state index contributed by atoms with van der Waals surface area (Å²) in [5.41, 5.74) is 0. The number of likely N-dealkylation sites (N-methyl/N-ethyl adjacent to an activating group) is 1. The van der Waals surface area contributed by atoms with Crippen molar-refractivity contribution in [3.63, 3.8) is 0 Å². The third-order valence-electron chi connectivity index (χ3n) is 17.5. The van der Waals surface area contributed by atoms with Crippen LogP contribution in [0, 0.1) is 0 Å². The standard InChI is InChI=1S/C96H156NO8P/c1-6-8-10-12-14-16-18-20-22-24-26-28-30-32-34-36-38-40-42-44-46-48-50-52-54-56-58-60-62-64-66-68-70-72-74-76-78-80-82-84-86-88-95(98)102-92-94(93-104-106(100,101)103-91-90-97(3,4)5)105-96(99)89-87-85-83-81-79-77-75-73-71-69-67-65-63-61-59-57-55-53-51-49-47-45-43-41-39-37-35-33-31-29-27-25-23-21-19-17-15-13-11-9-7-2/h8-11,14-17,20-23,26-29,32-35,38-41,44-47,51,53,57,59,63,65,69,71,94H,6-7,12-13,18-19,24-25,30-31,36-37,42-43,48-50,52,54-56,58,60-62,64,66-68,70,72-93H2,1-5H3/b10-8-,11-9-,16-14-,17-15-,22-20-,23-21-,28-26-,29-27-,34-32-,35-33-,40-38-,41-39-,46-44-,47-45-,53-51-,59-57-,65-63-,71-69-. The second kappa shape index (κ2) is 83.4. The maximum absolute atomic E-state index is 12.9. The van der Waals surface area contributed by atoms with Crippen molar-refractivity contribution in [1.29, 1.82) is 0 Å². The maximum atomic E-state index is 12.9. The van der Waals surface area contributed by atoms with Crippen LogP contribution in [-0.2, 0) is 32.7 Å². The SMILES string of the molecule is CC/C=C\C/C=C\C/C=C\C/C=C\C/C=C\C/C=C\C/C=C\C/C=C\C/C=C\C/C=C\C/C=C\CCCCCCCCCC(=O)OC(COC(=O)CCCCCCCCCCCCCCCCCCCCC/C=C\C/C=C\C/C=C\C/C=C\C/C=C\C/C=C\C/C=C\CC)COP(=O)([O-])OCC[N+](C)(C)C. The van der Waals surface area contributed by atoms with E-state index in [0.717, 1.165) is 167 Å². The molecule has 0 saturated heterocycles. The highest BCUT2D eigenvalue weighted by atomic mass is 31.2. The van der Waals surface area contributed by atoms with Crippen LogP contribution in [0.3, 0.4) is 0 Å². The van der Waals surface area contributed by atoms with Crippen LogP contribution in [0.5, 0.6) is 0 Å². The smallest absolute Gasteiger partial charge is 0.306 e. The van der Waals surface area contributed by atoms with Crippen LogP contribution in [0.4, 0.5) is 0 Å². The number of nitrogens with zero attached hydrogens (tertiary/aromatic N) is 1. The second-order valence-electron chi connectivity index (χ2n) is 28.7. The Hall–Kier alpha value is -5.67. The fourth-order valence-electron chi connectivity index (χ4n) is 11.1. The molecule has 0 aromatic heterocycles. The first-order valence-electron chi connectivity index (χ1n) is 42.4. The summed E-state index contributed by atoms with van der Waals surface area (Å²) in [5, 5.41) is 0. The highest BCUT2D eigenvalue weighted by Gasteiger charge is 2.22. The molecule has 0 amide bonds. The van der Waals surface area contributed by atoms with Gasteiger partial charge in [-0.2, -0.15) is 0 Å². The van der Waals surface area contributed by atoms with Gasteiger partial charge in [-0.25, -0.2) is 0 Å². The Morgan fingerprint density at radius 1 is 0.292 bits per heavy atom. The van der Waals surface area contributed by atoms with Crippen molar-refractivity contribution in [2.24, 2.45) is 0 Å². The summed E-state index contributed by atoms with van der Waals surface area (Å²) >= 11 is 0. The highest BCUT2D eigenvalue weighted by molar-refractivity contribution is 7.45. The Kier molecular flexibility index (Phi) is 78.9. The Balaban J connectivity index is 4.04. The van der Waals surface area contributed by atoms with Gasteiger partial charge in [0, 0.05) is 12.8 Å². The van der Waals surface area contributed by atoms with Crippen LogP contribution in [-0.4, -0.2) is 70.0 Å². The van der Waals surface area contributed by atoms with E-state index in [1.54, 1.807) is 0 Å². The van der Waals surface area contributed by atoms with Crippen LogP contribution in [0.25, 0.3) is 0 Å². The van der Waals surface area contributed by atoms with Crippen molar-refractivity contribution in [2.75, 3.05) is 47.5 Å². The molecule has 2 unspecified atom stereocenters. The molecule has 0 rings (SSSR count). The molecule has 0 aliphatic rings. The van der Waals surface area contributed by atoms with Crippen LogP contribution in [0.1, 0.15) is 322 Å². The molecular weight excluding hydrogens is 1330 g/mol. The van der Waals surface area contributed by atoms with E-state index in [4.69, 9.17) is 18.5 Å². The predicted molar refractivity (Wildman–Crippen MR) is 461 cm³/mol. The fraction of sp³-hybridized carbons (Fsp3) is 0.604. The van der Waals surface area contributed by atoms with Gasteiger partial charge in [0.05, 0.1) is 27.7 Å². The fourth-order valence-corrected chi connectivity index (χ4v) is 11.8. The topological polar surface area (TPSA) is 111 Å². The van der Waals surface area contributed by atoms with E-state index in [-0.39, 0.29) is 32.0 Å². The Bertz CT molecular complexity index is 2610. The lowest BCUT2D eigenvalue weighted by atomic mass is 10.0. The number of carbonyl (C=O) groups excluding carboxylic acids is 2. The molecule has 106 heavy (non-hydrogen) atoms. The van der Waals surface area contributed by atoms with Gasteiger partial charge in [0.2, 0.25) is 0 Å². The van der Waals surface area contributed by atoms with Crippen molar-refractivity contribution < 1.29 is 42.1 Å². The summed E-state index contributed by atoms with van der Waals surface area (Å²) in [6.45, 7) is 4.00. The first kappa shape index (κ1) is 100. The summed E-state index contributed by atoms with van der Waals surface area (Å²) < 4.78 is 34.4. The quantitative estimate of drug-likeness (QED) is 0.0195. The molecule has 0 fully saturated rings. The third kappa shape index (κ3) is 87.2. The van der Waals surface area contributed by atoms with Gasteiger partial charge in [-0.15, -0.1) is 0 Å². The van der Waals surface area contributed by atoms with Crippen molar-refractivity contribution in [2.45, 2.75) is 328 Å². The zero-order valence-electron chi connectivity index (χ0n) is 68.3. The number of unbranched alkanes of at least 4 members (excludes halogenated alkanes) is 26. The molecule has 0 bridgehead atoms. The molecule has 0 aliphatic heterocycles. The minimum atomic E-state index is -4.66. The summed E-state index contributed by atoms with van der Waals surface area (Å²) in [4.78, 5) is 38.2. The van der Waals surface area contributed by atoms with Crippen LogP contribution in [0.15, 0.2) is 219 Å². The van der Waals surface area contributed by atoms with Crippen molar-refractivity contribution >= 4 is 19.8 Å². The molecular formula is C96H156NO8P. The van der Waals surface area contributed by atoms with E-state index in [1.807, 2.05) is 21.1 Å². The second-order valence-corrected chi connectivity index (χ2v) is 30.1. The zero-order chi connectivity index (χ0) is 76.8. The largest absolute Gasteiger partial charge is 0.756 e. The molecule has 9 nitrogen and oxygen atoms in total. The molecule has 0 saturated carbocycles. The molecule has 0 aromatic rings. The van der Waals surface area contributed by atoms with Gasteiger partial charge in [-0.1, -0.05) is 374 Å². The zero-order valence-corrected chi connectivity index (χ0v) is 69.2. The number of esters is 2. The number of phosphoric acid groups is 1. The van der Waals surface area contributed by atoms with Crippen LogP contribution < -0.4 is 4.89 Å². The minimum Gasteiger partial charge on any atom is -0.756 e. The molecule has 0 radical (unpaired) electrons. The molecule has 0 aromatic carbocycles. The highest BCUT2D eigenvalue weighted by Crippen LogP contribution is 2.38. The van der Waals surface area contributed by atoms with Gasteiger partial charge in [-0.05, 0) is 154 Å². The van der Waals surface area contributed by atoms with Gasteiger partial charge in [0.25, 0.3) is 7.82 Å². The van der Waals surface area contributed by atoms with E-state index >= 15 is 0 Å². The lowest BCUT2D eigenvalue weighted by Crippen LogP contribution is -2.37. The minimum absolute atomic E-state index is 0.0419. The van der Waals surface area contributed by atoms with E-state index in [1.165, 1.54) is 122 Å².